The molecule has 3 unspecified atom stereocenters. The number of para-hydroxylation sites is 1. The first-order valence-corrected chi connectivity index (χ1v) is 8.04. The number of aliphatic hydroxyl groups excluding tert-OH is 1. The molecule has 1 aliphatic carbocycles. The van der Waals surface area contributed by atoms with Crippen LogP contribution in [-0.2, 0) is 0 Å². The SMILES string of the molecule is Cc1c(C(C)NCC2CCCC(O)C2)oc2ccccc12. The van der Waals surface area contributed by atoms with Crippen molar-refractivity contribution in [1.82, 2.24) is 5.32 Å². The smallest absolute Gasteiger partial charge is 0.134 e. The lowest BCUT2D eigenvalue weighted by Gasteiger charge is -2.27. The Bertz CT molecular complexity index is 604. The van der Waals surface area contributed by atoms with Gasteiger partial charge in [0.2, 0.25) is 0 Å². The first kappa shape index (κ1) is 14.6. The zero-order valence-electron chi connectivity index (χ0n) is 12.9. The molecule has 0 amide bonds. The number of nitrogens with one attached hydrogen (secondary N) is 1. The lowest BCUT2D eigenvalue weighted by atomic mass is 9.87. The molecule has 0 spiro atoms. The van der Waals surface area contributed by atoms with Crippen LogP contribution < -0.4 is 5.32 Å². The zero-order valence-corrected chi connectivity index (χ0v) is 12.9. The molecule has 0 bridgehead atoms. The number of benzene rings is 1. The van der Waals surface area contributed by atoms with Crippen LogP contribution in [-0.4, -0.2) is 17.8 Å². The molecular weight excluding hydrogens is 262 g/mol. The van der Waals surface area contributed by atoms with E-state index in [4.69, 9.17) is 4.42 Å². The summed E-state index contributed by atoms with van der Waals surface area (Å²) in [6.45, 7) is 5.24. The molecule has 2 N–H and O–H groups in total. The van der Waals surface area contributed by atoms with Crippen molar-refractivity contribution >= 4 is 11.0 Å². The quantitative estimate of drug-likeness (QED) is 0.895. The molecule has 3 atom stereocenters. The average Bonchev–Trinajstić information content (AvgIpc) is 2.83. The van der Waals surface area contributed by atoms with Gasteiger partial charge in [0.25, 0.3) is 0 Å². The monoisotopic (exact) mass is 287 g/mol. The number of hydrogen-bond donors (Lipinski definition) is 2. The Morgan fingerprint density at radius 1 is 1.33 bits per heavy atom. The molecule has 0 radical (unpaired) electrons. The van der Waals surface area contributed by atoms with Gasteiger partial charge in [0.1, 0.15) is 11.3 Å². The summed E-state index contributed by atoms with van der Waals surface area (Å²) in [5.74, 6) is 1.62. The maximum Gasteiger partial charge on any atom is 0.134 e. The fourth-order valence-corrected chi connectivity index (χ4v) is 3.49. The second-order valence-corrected chi connectivity index (χ2v) is 6.40. The highest BCUT2D eigenvalue weighted by molar-refractivity contribution is 5.82. The van der Waals surface area contributed by atoms with E-state index in [1.165, 1.54) is 17.4 Å². The summed E-state index contributed by atoms with van der Waals surface area (Å²) < 4.78 is 6.01. The highest BCUT2D eigenvalue weighted by Crippen LogP contribution is 2.30. The number of fused-ring (bicyclic) bond motifs is 1. The van der Waals surface area contributed by atoms with Crippen molar-refractivity contribution in [2.24, 2.45) is 5.92 Å². The van der Waals surface area contributed by atoms with Crippen LogP contribution in [0.5, 0.6) is 0 Å². The van der Waals surface area contributed by atoms with Gasteiger partial charge in [0, 0.05) is 5.39 Å². The molecule has 1 heterocycles. The maximum absolute atomic E-state index is 9.75. The van der Waals surface area contributed by atoms with Crippen molar-refractivity contribution in [1.29, 1.82) is 0 Å². The van der Waals surface area contributed by atoms with Crippen molar-refractivity contribution in [3.05, 3.63) is 35.6 Å². The zero-order chi connectivity index (χ0) is 14.8. The van der Waals surface area contributed by atoms with Gasteiger partial charge >= 0.3 is 0 Å². The van der Waals surface area contributed by atoms with E-state index in [2.05, 4.69) is 31.3 Å². The summed E-state index contributed by atoms with van der Waals surface area (Å²) in [7, 11) is 0. The summed E-state index contributed by atoms with van der Waals surface area (Å²) in [6, 6.07) is 8.40. The lowest BCUT2D eigenvalue weighted by molar-refractivity contribution is 0.0995. The predicted octanol–water partition coefficient (Wildman–Crippen LogP) is 3.94. The fourth-order valence-electron chi connectivity index (χ4n) is 3.49. The maximum atomic E-state index is 9.75. The van der Waals surface area contributed by atoms with Crippen molar-refractivity contribution in [2.45, 2.75) is 51.7 Å². The van der Waals surface area contributed by atoms with Crippen molar-refractivity contribution in [2.75, 3.05) is 6.54 Å². The summed E-state index contributed by atoms with van der Waals surface area (Å²) >= 11 is 0. The second kappa shape index (κ2) is 6.20. The Morgan fingerprint density at radius 3 is 2.90 bits per heavy atom. The molecule has 2 aromatic rings. The average molecular weight is 287 g/mol. The van der Waals surface area contributed by atoms with Crippen LogP contribution in [0.4, 0.5) is 0 Å². The van der Waals surface area contributed by atoms with Gasteiger partial charge in [0.15, 0.2) is 0 Å². The molecule has 3 heteroatoms. The number of aryl methyl sites for hydroxylation is 1. The minimum absolute atomic E-state index is 0.103. The second-order valence-electron chi connectivity index (χ2n) is 6.40. The van der Waals surface area contributed by atoms with Gasteiger partial charge < -0.3 is 14.8 Å². The summed E-state index contributed by atoms with van der Waals surface area (Å²) in [6.07, 6.45) is 4.16. The van der Waals surface area contributed by atoms with E-state index >= 15 is 0 Å². The molecular formula is C18H25NO2. The van der Waals surface area contributed by atoms with Crippen LogP contribution in [0.25, 0.3) is 11.0 Å². The molecule has 21 heavy (non-hydrogen) atoms. The molecule has 1 fully saturated rings. The van der Waals surface area contributed by atoms with Gasteiger partial charge in [-0.2, -0.15) is 0 Å². The van der Waals surface area contributed by atoms with Gasteiger partial charge in [-0.25, -0.2) is 0 Å². The highest BCUT2D eigenvalue weighted by Gasteiger charge is 2.22. The van der Waals surface area contributed by atoms with Crippen LogP contribution in [0.3, 0.4) is 0 Å². The number of aliphatic hydroxyl groups is 1. The van der Waals surface area contributed by atoms with E-state index in [1.54, 1.807) is 0 Å². The summed E-state index contributed by atoms with van der Waals surface area (Å²) in [5, 5.41) is 14.5. The molecule has 1 aromatic heterocycles. The van der Waals surface area contributed by atoms with Gasteiger partial charge in [-0.3, -0.25) is 0 Å². The minimum Gasteiger partial charge on any atom is -0.459 e. The number of hydrogen-bond acceptors (Lipinski definition) is 3. The topological polar surface area (TPSA) is 45.4 Å². The van der Waals surface area contributed by atoms with E-state index in [-0.39, 0.29) is 12.1 Å². The minimum atomic E-state index is -0.103. The standard InChI is InChI=1S/C18H25NO2/c1-12-16-8-3-4-9-17(16)21-18(12)13(2)19-11-14-6-5-7-15(20)10-14/h3-4,8-9,13-15,19-20H,5-7,10-11H2,1-2H3. The van der Waals surface area contributed by atoms with Crippen molar-refractivity contribution in [3.8, 4) is 0 Å². The first-order valence-electron chi connectivity index (χ1n) is 8.04. The van der Waals surface area contributed by atoms with E-state index in [1.807, 2.05) is 12.1 Å². The van der Waals surface area contributed by atoms with Crippen LogP contribution in [0.1, 0.15) is 50.0 Å². The summed E-state index contributed by atoms with van der Waals surface area (Å²) in [4.78, 5) is 0. The van der Waals surface area contributed by atoms with E-state index in [0.29, 0.717) is 5.92 Å². The Labute approximate surface area is 126 Å². The van der Waals surface area contributed by atoms with Crippen LogP contribution >= 0.6 is 0 Å². The third-order valence-corrected chi connectivity index (χ3v) is 4.74. The van der Waals surface area contributed by atoms with Gasteiger partial charge in [-0.1, -0.05) is 24.6 Å². The third kappa shape index (κ3) is 3.14. The van der Waals surface area contributed by atoms with E-state index in [0.717, 1.165) is 37.2 Å². The van der Waals surface area contributed by atoms with E-state index < -0.39 is 0 Å². The Hall–Kier alpha value is -1.32. The van der Waals surface area contributed by atoms with Crippen molar-refractivity contribution < 1.29 is 9.52 Å². The molecule has 0 saturated heterocycles. The Kier molecular flexibility index (Phi) is 4.32. The molecule has 1 aromatic carbocycles. The molecule has 1 saturated carbocycles. The van der Waals surface area contributed by atoms with Crippen LogP contribution in [0.15, 0.2) is 28.7 Å². The number of rotatable bonds is 4. The molecule has 0 aliphatic heterocycles. The van der Waals surface area contributed by atoms with Gasteiger partial charge in [-0.05, 0) is 57.2 Å². The molecule has 3 rings (SSSR count). The Balaban J connectivity index is 1.66. The van der Waals surface area contributed by atoms with Gasteiger partial charge in [0.05, 0.1) is 12.1 Å². The summed E-state index contributed by atoms with van der Waals surface area (Å²) in [5.41, 5.74) is 2.20. The van der Waals surface area contributed by atoms with Crippen LogP contribution in [0.2, 0.25) is 0 Å². The molecule has 1 aliphatic rings. The van der Waals surface area contributed by atoms with Crippen molar-refractivity contribution in [3.63, 3.8) is 0 Å². The molecule has 3 nitrogen and oxygen atoms in total. The highest BCUT2D eigenvalue weighted by atomic mass is 16.3. The third-order valence-electron chi connectivity index (χ3n) is 4.74. The largest absolute Gasteiger partial charge is 0.459 e. The van der Waals surface area contributed by atoms with Crippen LogP contribution in [0, 0.1) is 12.8 Å². The number of furan rings is 1. The normalized spacial score (nSPS) is 24.3. The van der Waals surface area contributed by atoms with E-state index in [9.17, 15) is 5.11 Å². The Morgan fingerprint density at radius 2 is 2.14 bits per heavy atom. The lowest BCUT2D eigenvalue weighted by Crippen LogP contribution is -2.30. The fraction of sp³-hybridized carbons (Fsp3) is 0.556. The molecule has 114 valence electrons. The van der Waals surface area contributed by atoms with Gasteiger partial charge in [-0.15, -0.1) is 0 Å². The predicted molar refractivity (Wildman–Crippen MR) is 85.3 cm³/mol. The first-order chi connectivity index (χ1) is 10.1.